The molecule has 0 bridgehead atoms. The summed E-state index contributed by atoms with van der Waals surface area (Å²) in [5.41, 5.74) is 3.99. The highest BCUT2D eigenvalue weighted by atomic mass is 16.1. The zero-order valence-electron chi connectivity index (χ0n) is 7.76. The van der Waals surface area contributed by atoms with E-state index in [1.165, 1.54) is 5.56 Å². The lowest BCUT2D eigenvalue weighted by atomic mass is 10.0. The lowest BCUT2D eigenvalue weighted by Crippen LogP contribution is -2.25. The van der Waals surface area contributed by atoms with Crippen molar-refractivity contribution in [3.63, 3.8) is 0 Å². The van der Waals surface area contributed by atoms with Crippen molar-refractivity contribution in [3.8, 4) is 0 Å². The molecular formula is C10H11N3O. The third-order valence-corrected chi connectivity index (χ3v) is 2.79. The third-order valence-electron chi connectivity index (χ3n) is 2.79. The molecule has 3 rings (SSSR count). The molecule has 0 aliphatic carbocycles. The molecule has 1 amide bonds. The summed E-state index contributed by atoms with van der Waals surface area (Å²) < 4.78 is 0. The number of hydrogen-bond acceptors (Lipinski definition) is 3. The minimum absolute atomic E-state index is 0.0221. The molecule has 1 aromatic rings. The molecule has 2 aliphatic heterocycles. The van der Waals surface area contributed by atoms with Crippen LogP contribution in [0.5, 0.6) is 0 Å². The van der Waals surface area contributed by atoms with Crippen LogP contribution in [0.3, 0.4) is 0 Å². The van der Waals surface area contributed by atoms with Gasteiger partial charge in [-0.1, -0.05) is 0 Å². The van der Waals surface area contributed by atoms with Gasteiger partial charge in [-0.25, -0.2) is 0 Å². The molecule has 0 spiro atoms. The van der Waals surface area contributed by atoms with E-state index in [1.807, 2.05) is 6.07 Å². The molecule has 0 atom stereocenters. The van der Waals surface area contributed by atoms with Crippen LogP contribution in [-0.2, 0) is 19.5 Å². The van der Waals surface area contributed by atoms with Crippen molar-refractivity contribution in [1.82, 2.24) is 15.6 Å². The lowest BCUT2D eigenvalue weighted by molar-refractivity contribution is 0.0965. The molecule has 0 radical (unpaired) electrons. The van der Waals surface area contributed by atoms with Crippen LogP contribution in [0.4, 0.5) is 0 Å². The zero-order chi connectivity index (χ0) is 9.54. The van der Waals surface area contributed by atoms with Crippen molar-refractivity contribution in [3.05, 3.63) is 28.6 Å². The van der Waals surface area contributed by atoms with Gasteiger partial charge in [-0.15, -0.1) is 0 Å². The predicted octanol–water partition coefficient (Wildman–Crippen LogP) is -0.0293. The van der Waals surface area contributed by atoms with Gasteiger partial charge in [0.1, 0.15) is 0 Å². The van der Waals surface area contributed by atoms with Crippen molar-refractivity contribution in [2.45, 2.75) is 19.5 Å². The van der Waals surface area contributed by atoms with E-state index in [1.54, 1.807) is 0 Å². The Hall–Kier alpha value is -1.42. The first-order valence-electron chi connectivity index (χ1n) is 4.85. The summed E-state index contributed by atoms with van der Waals surface area (Å²) in [6, 6.07) is 2.00. The van der Waals surface area contributed by atoms with Gasteiger partial charge in [-0.2, -0.15) is 0 Å². The smallest absolute Gasteiger partial charge is 0.253 e. The summed E-state index contributed by atoms with van der Waals surface area (Å²) in [4.78, 5) is 15.9. The number of hydrogen-bond donors (Lipinski definition) is 2. The van der Waals surface area contributed by atoms with Crippen LogP contribution in [0.25, 0.3) is 0 Å². The molecular weight excluding hydrogens is 178 g/mol. The Balaban J connectivity index is 2.15. The Morgan fingerprint density at radius 3 is 3.14 bits per heavy atom. The van der Waals surface area contributed by atoms with Gasteiger partial charge in [-0.3, -0.25) is 9.78 Å². The van der Waals surface area contributed by atoms with Crippen LogP contribution in [0.1, 0.15) is 27.3 Å². The van der Waals surface area contributed by atoms with E-state index in [0.29, 0.717) is 6.54 Å². The van der Waals surface area contributed by atoms with E-state index in [0.717, 1.165) is 36.5 Å². The highest BCUT2D eigenvalue weighted by Crippen LogP contribution is 2.19. The van der Waals surface area contributed by atoms with Gasteiger partial charge in [-0.05, 0) is 24.6 Å². The molecule has 3 heterocycles. The molecule has 4 nitrogen and oxygen atoms in total. The first-order chi connectivity index (χ1) is 6.84. The fraction of sp³-hybridized carbons (Fsp3) is 0.400. The number of amides is 1. The number of nitrogens with zero attached hydrogens (tertiary/aromatic N) is 1. The Bertz CT molecular complexity index is 414. The Labute approximate surface area is 81.7 Å². The molecule has 14 heavy (non-hydrogen) atoms. The second-order valence-electron chi connectivity index (χ2n) is 3.70. The van der Waals surface area contributed by atoms with E-state index in [9.17, 15) is 4.79 Å². The third kappa shape index (κ3) is 1.04. The molecule has 2 aliphatic rings. The van der Waals surface area contributed by atoms with Crippen LogP contribution in [-0.4, -0.2) is 17.4 Å². The van der Waals surface area contributed by atoms with Crippen molar-refractivity contribution in [2.24, 2.45) is 0 Å². The SMILES string of the molecule is O=C1NCc2nc3c(cc21)CCNC3. The van der Waals surface area contributed by atoms with Crippen LogP contribution in [0.15, 0.2) is 6.07 Å². The average Bonchev–Trinajstić information content (AvgIpc) is 2.57. The van der Waals surface area contributed by atoms with Gasteiger partial charge in [0, 0.05) is 6.54 Å². The fourth-order valence-electron chi connectivity index (χ4n) is 2.03. The van der Waals surface area contributed by atoms with Crippen molar-refractivity contribution >= 4 is 5.91 Å². The second kappa shape index (κ2) is 2.78. The predicted molar refractivity (Wildman–Crippen MR) is 50.8 cm³/mol. The van der Waals surface area contributed by atoms with Crippen LogP contribution < -0.4 is 10.6 Å². The van der Waals surface area contributed by atoms with Crippen LogP contribution in [0.2, 0.25) is 0 Å². The largest absolute Gasteiger partial charge is 0.346 e. The number of carbonyl (C=O) groups excluding carboxylic acids is 1. The highest BCUT2D eigenvalue weighted by molar-refractivity contribution is 5.97. The van der Waals surface area contributed by atoms with E-state index < -0.39 is 0 Å². The topological polar surface area (TPSA) is 54.0 Å². The normalized spacial score (nSPS) is 18.7. The van der Waals surface area contributed by atoms with E-state index in [-0.39, 0.29) is 5.91 Å². The maximum atomic E-state index is 11.4. The van der Waals surface area contributed by atoms with Gasteiger partial charge in [0.2, 0.25) is 0 Å². The maximum Gasteiger partial charge on any atom is 0.253 e. The number of nitrogens with one attached hydrogen (secondary N) is 2. The van der Waals surface area contributed by atoms with Gasteiger partial charge in [0.15, 0.2) is 0 Å². The average molecular weight is 189 g/mol. The van der Waals surface area contributed by atoms with E-state index >= 15 is 0 Å². The van der Waals surface area contributed by atoms with Crippen LogP contribution >= 0.6 is 0 Å². The molecule has 1 aromatic heterocycles. The molecule has 4 heteroatoms. The van der Waals surface area contributed by atoms with Gasteiger partial charge >= 0.3 is 0 Å². The molecule has 0 fully saturated rings. The Morgan fingerprint density at radius 1 is 1.29 bits per heavy atom. The second-order valence-corrected chi connectivity index (χ2v) is 3.70. The van der Waals surface area contributed by atoms with Crippen molar-refractivity contribution in [1.29, 1.82) is 0 Å². The zero-order valence-corrected chi connectivity index (χ0v) is 7.76. The molecule has 72 valence electrons. The standard InChI is InChI=1S/C10H11N3O/c14-10-7-3-6-1-2-11-4-8(6)13-9(7)5-12-10/h3,11H,1-2,4-5H2,(H,12,14). The van der Waals surface area contributed by atoms with Crippen LogP contribution in [0, 0.1) is 0 Å². The quantitative estimate of drug-likeness (QED) is 0.602. The first kappa shape index (κ1) is 7.94. The molecule has 0 aromatic carbocycles. The lowest BCUT2D eigenvalue weighted by Gasteiger charge is -2.16. The van der Waals surface area contributed by atoms with Gasteiger partial charge < -0.3 is 10.6 Å². The summed E-state index contributed by atoms with van der Waals surface area (Å²) in [7, 11) is 0. The van der Waals surface area contributed by atoms with Gasteiger partial charge in [0.25, 0.3) is 5.91 Å². The van der Waals surface area contributed by atoms with Crippen molar-refractivity contribution in [2.75, 3.05) is 6.54 Å². The minimum atomic E-state index is 0.0221. The minimum Gasteiger partial charge on any atom is -0.346 e. The first-order valence-corrected chi connectivity index (χ1v) is 4.85. The number of fused-ring (bicyclic) bond motifs is 2. The van der Waals surface area contributed by atoms with E-state index in [2.05, 4.69) is 15.6 Å². The molecule has 0 saturated heterocycles. The summed E-state index contributed by atoms with van der Waals surface area (Å²) in [5.74, 6) is 0.0221. The maximum absolute atomic E-state index is 11.4. The summed E-state index contributed by atoms with van der Waals surface area (Å²) >= 11 is 0. The number of pyridine rings is 1. The summed E-state index contributed by atoms with van der Waals surface area (Å²) in [6.45, 7) is 2.40. The van der Waals surface area contributed by atoms with E-state index in [4.69, 9.17) is 0 Å². The Kier molecular flexibility index (Phi) is 1.58. The number of rotatable bonds is 0. The molecule has 2 N–H and O–H groups in total. The fourth-order valence-corrected chi connectivity index (χ4v) is 2.03. The highest BCUT2D eigenvalue weighted by Gasteiger charge is 2.23. The summed E-state index contributed by atoms with van der Waals surface area (Å²) in [5, 5.41) is 6.06. The molecule has 0 unspecified atom stereocenters. The Morgan fingerprint density at radius 2 is 2.21 bits per heavy atom. The monoisotopic (exact) mass is 189 g/mol. The van der Waals surface area contributed by atoms with Gasteiger partial charge in [0.05, 0.1) is 23.5 Å². The number of carbonyl (C=O) groups is 1. The summed E-state index contributed by atoms with van der Waals surface area (Å²) in [6.07, 6.45) is 0.975. The molecule has 0 saturated carbocycles. The van der Waals surface area contributed by atoms with Crippen molar-refractivity contribution < 1.29 is 4.79 Å². The number of aromatic nitrogens is 1.